The van der Waals surface area contributed by atoms with Gasteiger partial charge in [-0.3, -0.25) is 5.41 Å². The number of nitrogens with one attached hydrogen (secondary N) is 2. The van der Waals surface area contributed by atoms with Crippen LogP contribution in [-0.4, -0.2) is 5.84 Å². The number of rotatable bonds is 2. The van der Waals surface area contributed by atoms with Crippen LogP contribution in [0.2, 0.25) is 5.02 Å². The summed E-state index contributed by atoms with van der Waals surface area (Å²) in [4.78, 5) is 0. The molecule has 0 aliphatic heterocycles. The molecular weight excluding hydrogens is 232 g/mol. The van der Waals surface area contributed by atoms with Gasteiger partial charge in [0.25, 0.3) is 0 Å². The monoisotopic (exact) mass is 244 g/mol. The summed E-state index contributed by atoms with van der Waals surface area (Å²) in [6, 6.07) is 15.2. The molecule has 86 valence electrons. The first-order valence-corrected chi connectivity index (χ1v) is 5.72. The van der Waals surface area contributed by atoms with Gasteiger partial charge in [-0.2, -0.15) is 0 Å². The Morgan fingerprint density at radius 1 is 1.12 bits per heavy atom. The van der Waals surface area contributed by atoms with E-state index in [0.29, 0.717) is 10.9 Å². The Kier molecular flexibility index (Phi) is 3.45. The van der Waals surface area contributed by atoms with Crippen LogP contribution >= 0.6 is 11.6 Å². The van der Waals surface area contributed by atoms with Crippen molar-refractivity contribution in [1.82, 2.24) is 0 Å². The van der Waals surface area contributed by atoms with Gasteiger partial charge in [0.2, 0.25) is 0 Å². The van der Waals surface area contributed by atoms with Gasteiger partial charge in [-0.15, -0.1) is 0 Å². The average molecular weight is 245 g/mol. The lowest BCUT2D eigenvalue weighted by molar-refractivity contribution is 1.42. The van der Waals surface area contributed by atoms with Gasteiger partial charge in [0, 0.05) is 5.56 Å². The molecule has 2 N–H and O–H groups in total. The quantitative estimate of drug-likeness (QED) is 0.606. The second-order valence-corrected chi connectivity index (χ2v) is 4.26. The van der Waals surface area contributed by atoms with Gasteiger partial charge in [0.1, 0.15) is 5.84 Å². The molecule has 0 saturated heterocycles. The normalized spacial score (nSPS) is 10.0. The van der Waals surface area contributed by atoms with Crippen molar-refractivity contribution in [2.75, 3.05) is 5.32 Å². The summed E-state index contributed by atoms with van der Waals surface area (Å²) >= 11 is 6.10. The van der Waals surface area contributed by atoms with Crippen LogP contribution in [0.3, 0.4) is 0 Å². The van der Waals surface area contributed by atoms with Crippen LogP contribution < -0.4 is 5.32 Å². The van der Waals surface area contributed by atoms with Crippen LogP contribution in [0.15, 0.2) is 48.5 Å². The minimum Gasteiger partial charge on any atom is -0.339 e. The molecule has 0 saturated carbocycles. The Morgan fingerprint density at radius 2 is 1.82 bits per heavy atom. The van der Waals surface area contributed by atoms with Crippen molar-refractivity contribution in [1.29, 1.82) is 5.41 Å². The number of hydrogen-bond donors (Lipinski definition) is 2. The topological polar surface area (TPSA) is 35.9 Å². The minimum atomic E-state index is 0.344. The third-order valence-corrected chi connectivity index (χ3v) is 2.76. The lowest BCUT2D eigenvalue weighted by Gasteiger charge is -2.10. The lowest BCUT2D eigenvalue weighted by Crippen LogP contribution is -2.12. The first-order valence-electron chi connectivity index (χ1n) is 5.34. The molecule has 0 aliphatic carbocycles. The van der Waals surface area contributed by atoms with E-state index in [0.717, 1.165) is 16.8 Å². The van der Waals surface area contributed by atoms with E-state index in [9.17, 15) is 0 Å². The zero-order valence-electron chi connectivity index (χ0n) is 9.50. The smallest absolute Gasteiger partial charge is 0.129 e. The largest absolute Gasteiger partial charge is 0.339 e. The molecule has 0 aliphatic rings. The molecule has 0 spiro atoms. The SMILES string of the molecule is Cc1ccc(NC(=N)c2ccccc2)c(Cl)c1. The highest BCUT2D eigenvalue weighted by molar-refractivity contribution is 6.34. The number of benzene rings is 2. The molecule has 0 radical (unpaired) electrons. The molecule has 3 heteroatoms. The summed E-state index contributed by atoms with van der Waals surface area (Å²) in [5.41, 5.74) is 2.70. The molecule has 17 heavy (non-hydrogen) atoms. The number of aryl methyl sites for hydroxylation is 1. The number of hydrogen-bond acceptors (Lipinski definition) is 1. The van der Waals surface area contributed by atoms with E-state index in [2.05, 4.69) is 5.32 Å². The molecular formula is C14H13ClN2. The average Bonchev–Trinajstić information content (AvgIpc) is 2.34. The Balaban J connectivity index is 2.19. The van der Waals surface area contributed by atoms with Crippen molar-refractivity contribution in [3.63, 3.8) is 0 Å². The first kappa shape index (κ1) is 11.7. The highest BCUT2D eigenvalue weighted by Crippen LogP contribution is 2.23. The van der Waals surface area contributed by atoms with Crippen LogP contribution in [0.5, 0.6) is 0 Å². The van der Waals surface area contributed by atoms with Crippen LogP contribution in [0, 0.1) is 12.3 Å². The third kappa shape index (κ3) is 2.86. The van der Waals surface area contributed by atoms with Crippen molar-refractivity contribution in [2.45, 2.75) is 6.92 Å². The van der Waals surface area contributed by atoms with Crippen molar-refractivity contribution in [3.8, 4) is 0 Å². The second kappa shape index (κ2) is 5.02. The fourth-order valence-corrected chi connectivity index (χ4v) is 1.82. The molecule has 0 heterocycles. The summed E-state index contributed by atoms with van der Waals surface area (Å²) in [5, 5.41) is 11.6. The van der Waals surface area contributed by atoms with Crippen LogP contribution in [0.1, 0.15) is 11.1 Å². The predicted octanol–water partition coefficient (Wildman–Crippen LogP) is 4.09. The molecule has 2 aromatic carbocycles. The summed E-state index contributed by atoms with van der Waals surface area (Å²) < 4.78 is 0. The van der Waals surface area contributed by atoms with Crippen molar-refractivity contribution >= 4 is 23.1 Å². The highest BCUT2D eigenvalue weighted by Gasteiger charge is 2.04. The maximum absolute atomic E-state index is 7.95. The zero-order valence-corrected chi connectivity index (χ0v) is 10.3. The summed E-state index contributed by atoms with van der Waals surface area (Å²) in [5.74, 6) is 0.344. The number of amidine groups is 1. The summed E-state index contributed by atoms with van der Waals surface area (Å²) in [7, 11) is 0. The lowest BCUT2D eigenvalue weighted by atomic mass is 10.2. The Labute approximate surface area is 106 Å². The Hall–Kier alpha value is -1.80. The second-order valence-electron chi connectivity index (χ2n) is 3.85. The maximum atomic E-state index is 7.95. The molecule has 2 rings (SSSR count). The van der Waals surface area contributed by atoms with Gasteiger partial charge in [0.05, 0.1) is 10.7 Å². The molecule has 2 aromatic rings. The third-order valence-electron chi connectivity index (χ3n) is 2.45. The van der Waals surface area contributed by atoms with Crippen molar-refractivity contribution < 1.29 is 0 Å². The van der Waals surface area contributed by atoms with Gasteiger partial charge in [0.15, 0.2) is 0 Å². The van der Waals surface area contributed by atoms with Crippen LogP contribution in [-0.2, 0) is 0 Å². The molecule has 0 fully saturated rings. The van der Waals surface area contributed by atoms with Crippen molar-refractivity contribution in [2.24, 2.45) is 0 Å². The molecule has 0 aromatic heterocycles. The van der Waals surface area contributed by atoms with E-state index in [-0.39, 0.29) is 0 Å². The Morgan fingerprint density at radius 3 is 2.47 bits per heavy atom. The zero-order chi connectivity index (χ0) is 12.3. The van der Waals surface area contributed by atoms with Gasteiger partial charge in [-0.05, 0) is 24.6 Å². The van der Waals surface area contributed by atoms with Gasteiger partial charge < -0.3 is 5.32 Å². The van der Waals surface area contributed by atoms with E-state index in [4.69, 9.17) is 17.0 Å². The first-order chi connectivity index (χ1) is 8.16. The molecule has 2 nitrogen and oxygen atoms in total. The van der Waals surface area contributed by atoms with E-state index >= 15 is 0 Å². The van der Waals surface area contributed by atoms with E-state index in [1.807, 2.05) is 55.5 Å². The molecule has 0 amide bonds. The number of halogens is 1. The molecule has 0 atom stereocenters. The number of anilines is 1. The fraction of sp³-hybridized carbons (Fsp3) is 0.0714. The van der Waals surface area contributed by atoms with E-state index in [1.165, 1.54) is 0 Å². The highest BCUT2D eigenvalue weighted by atomic mass is 35.5. The summed E-state index contributed by atoms with van der Waals surface area (Å²) in [6.07, 6.45) is 0. The van der Waals surface area contributed by atoms with E-state index in [1.54, 1.807) is 0 Å². The van der Waals surface area contributed by atoms with Gasteiger partial charge in [-0.1, -0.05) is 48.0 Å². The minimum absolute atomic E-state index is 0.344. The fourth-order valence-electron chi connectivity index (χ4n) is 1.53. The van der Waals surface area contributed by atoms with Gasteiger partial charge in [-0.25, -0.2) is 0 Å². The van der Waals surface area contributed by atoms with Crippen molar-refractivity contribution in [3.05, 3.63) is 64.7 Å². The predicted molar refractivity (Wildman–Crippen MR) is 73.1 cm³/mol. The van der Waals surface area contributed by atoms with Crippen LogP contribution in [0.25, 0.3) is 0 Å². The molecule has 0 bridgehead atoms. The van der Waals surface area contributed by atoms with E-state index < -0.39 is 0 Å². The maximum Gasteiger partial charge on any atom is 0.129 e. The van der Waals surface area contributed by atoms with Gasteiger partial charge >= 0.3 is 0 Å². The standard InChI is InChI=1S/C14H13ClN2/c1-10-7-8-13(12(15)9-10)17-14(16)11-5-3-2-4-6-11/h2-9H,1H3,(H2,16,17). The van der Waals surface area contributed by atoms with Crippen LogP contribution in [0.4, 0.5) is 5.69 Å². The Bertz CT molecular complexity index is 535. The molecule has 0 unspecified atom stereocenters. The summed E-state index contributed by atoms with van der Waals surface area (Å²) in [6.45, 7) is 1.98.